The first kappa shape index (κ1) is 73.0. The molecule has 10 atom stereocenters. The Morgan fingerprint density at radius 1 is 0.552 bits per heavy atom. The number of nitrogens with zero attached hydrogens (tertiary/aromatic N) is 3. The molecule has 0 aromatic heterocycles. The van der Waals surface area contributed by atoms with Gasteiger partial charge >= 0.3 is 18.2 Å². The molecule has 28 nitrogen and oxygen atoms in total. The zero-order valence-electron chi connectivity index (χ0n) is 54.8. The third-order valence-corrected chi connectivity index (χ3v) is 20.4. The molecule has 0 bridgehead atoms. The van der Waals surface area contributed by atoms with Gasteiger partial charge in [-0.3, -0.25) is 9.59 Å². The monoisotopic (exact) mass is 1380 g/mol. The molecule has 6 heterocycles. The fourth-order valence-corrected chi connectivity index (χ4v) is 15.0. The van der Waals surface area contributed by atoms with Crippen molar-refractivity contribution in [2.45, 2.75) is 138 Å². The van der Waals surface area contributed by atoms with Gasteiger partial charge in [-0.15, -0.1) is 0 Å². The summed E-state index contributed by atoms with van der Waals surface area (Å²) in [5.74, 6) is 1.53. The number of nitrogens with one attached hydrogen (secondary N) is 2. The number of carbonyl (C=O) groups is 4. The maximum atomic E-state index is 13.9. The average molecular weight is 1380 g/mol. The molecule has 6 aliphatic rings. The molecule has 4 aromatic rings. The molecular formula is C66H89N5O23S2. The van der Waals surface area contributed by atoms with Crippen LogP contribution >= 0.6 is 0 Å². The van der Waals surface area contributed by atoms with Gasteiger partial charge in [0, 0.05) is 65.2 Å². The van der Waals surface area contributed by atoms with Crippen molar-refractivity contribution in [2.24, 2.45) is 23.7 Å². The number of aliphatic carboxylic acids is 1. The molecule has 0 unspecified atom stereocenters. The van der Waals surface area contributed by atoms with Crippen molar-refractivity contribution in [1.29, 1.82) is 0 Å². The zero-order chi connectivity index (χ0) is 68.7. The van der Waals surface area contributed by atoms with Crippen molar-refractivity contribution in [2.75, 3.05) is 93.5 Å². The first-order valence-electron chi connectivity index (χ1n) is 32.3. The second-order valence-corrected chi connectivity index (χ2v) is 29.2. The van der Waals surface area contributed by atoms with Gasteiger partial charge in [-0.05, 0) is 110 Å². The number of carboxylic acid groups (broad SMARTS) is 1. The number of hydrogen-bond acceptors (Lipinski definition) is 22. The second kappa shape index (κ2) is 33.8. The van der Waals surface area contributed by atoms with Crippen LogP contribution < -0.4 is 39.1 Å². The Balaban J connectivity index is 0.000000226. The molecule has 0 spiro atoms. The molecule has 0 radical (unpaired) electrons. The van der Waals surface area contributed by atoms with Crippen molar-refractivity contribution in [3.8, 4) is 34.5 Å². The third kappa shape index (κ3) is 20.0. The Hall–Kier alpha value is -7.26. The summed E-state index contributed by atoms with van der Waals surface area (Å²) < 4.78 is 124. The maximum Gasteiger partial charge on any atom is 0.407 e. The highest BCUT2D eigenvalue weighted by Crippen LogP contribution is 2.38. The molecule has 4 saturated heterocycles. The highest BCUT2D eigenvalue weighted by atomic mass is 32.2. The Morgan fingerprint density at radius 2 is 0.958 bits per heavy atom. The molecule has 0 aliphatic carbocycles. The van der Waals surface area contributed by atoms with Crippen LogP contribution in [0.4, 0.5) is 9.59 Å². The summed E-state index contributed by atoms with van der Waals surface area (Å²) >= 11 is 0. The van der Waals surface area contributed by atoms with E-state index in [0.29, 0.717) is 86.4 Å². The van der Waals surface area contributed by atoms with Crippen molar-refractivity contribution < 1.29 is 108 Å². The van der Waals surface area contributed by atoms with Crippen LogP contribution in [0.25, 0.3) is 0 Å². The Bertz CT molecular complexity index is 3470. The maximum absolute atomic E-state index is 13.9. The van der Waals surface area contributed by atoms with Crippen LogP contribution in [0.2, 0.25) is 0 Å². The van der Waals surface area contributed by atoms with E-state index in [1.807, 2.05) is 39.8 Å². The number of amides is 3. The van der Waals surface area contributed by atoms with Crippen LogP contribution in [0.3, 0.4) is 0 Å². The Labute approximate surface area is 559 Å². The first-order valence-corrected chi connectivity index (χ1v) is 35.2. The third-order valence-electron chi connectivity index (χ3n) is 16.8. The van der Waals surface area contributed by atoms with E-state index in [1.54, 1.807) is 61.5 Å². The molecule has 6 aliphatic heterocycles. The first-order chi connectivity index (χ1) is 45.9. The van der Waals surface area contributed by atoms with E-state index in [0.717, 1.165) is 11.1 Å². The minimum Gasteiger partial charge on any atom is -0.494 e. The Morgan fingerprint density at radius 3 is 1.35 bits per heavy atom. The molecule has 5 N–H and O–H groups in total. The highest BCUT2D eigenvalue weighted by molar-refractivity contribution is 7.89. The smallest absolute Gasteiger partial charge is 0.407 e. The highest BCUT2D eigenvalue weighted by Gasteiger charge is 2.46. The van der Waals surface area contributed by atoms with Gasteiger partial charge in [0.1, 0.15) is 23.7 Å². The summed E-state index contributed by atoms with van der Waals surface area (Å²) in [4.78, 5) is 50.5. The van der Waals surface area contributed by atoms with E-state index in [2.05, 4.69) is 10.6 Å². The van der Waals surface area contributed by atoms with Crippen molar-refractivity contribution in [1.82, 2.24) is 24.1 Å². The van der Waals surface area contributed by atoms with Gasteiger partial charge in [0.25, 0.3) is 0 Å². The van der Waals surface area contributed by atoms with Crippen molar-refractivity contribution in [3.05, 3.63) is 96.1 Å². The van der Waals surface area contributed by atoms with E-state index in [1.165, 1.54) is 38.9 Å². The zero-order valence-corrected chi connectivity index (χ0v) is 56.5. The van der Waals surface area contributed by atoms with E-state index in [9.17, 15) is 46.2 Å². The number of benzene rings is 4. The van der Waals surface area contributed by atoms with Gasteiger partial charge in [-0.25, -0.2) is 26.4 Å². The normalized spacial score (nSPS) is 21.2. The van der Waals surface area contributed by atoms with Gasteiger partial charge in [-0.2, -0.15) is 8.61 Å². The van der Waals surface area contributed by atoms with E-state index < -0.39 is 87.3 Å². The SMILES string of the molecule is CC(C)CN(C[C@@H](O)[C@H](Cc1ccc(OCCCC(=O)N(C)C)cc1)NC(=O)O[C@H]1CO[C@H]2OCC[C@H]21)S(=O)(=O)c1ccc2c(c1)OCO2.CC(C)CN(C[C@@H](O)[C@H](Cc1ccc(OCCCC(=O)O)cc1)NC(=O)O[C@H]1CO[C@H]2OCC[C@H]21)S(=O)(=O)c1ccc2c(c1)OCO2. The number of rotatable bonds is 32. The average Bonchev–Trinajstić information content (AvgIpc) is 1.20. The number of carboxylic acids is 1. The molecule has 4 aromatic carbocycles. The number of alkyl carbamates (subject to hydrolysis) is 2. The molecule has 96 heavy (non-hydrogen) atoms. The summed E-state index contributed by atoms with van der Waals surface area (Å²) in [6, 6.07) is 21.0. The number of aliphatic hydroxyl groups excluding tert-OH is 2. The molecule has 3 amide bonds. The van der Waals surface area contributed by atoms with Gasteiger partial charge < -0.3 is 87.7 Å². The molecule has 0 saturated carbocycles. The molecule has 10 rings (SSSR count). The number of carbonyl (C=O) groups excluding carboxylic acids is 3. The van der Waals surface area contributed by atoms with Crippen LogP contribution in [0, 0.1) is 23.7 Å². The van der Waals surface area contributed by atoms with E-state index in [4.69, 9.17) is 61.9 Å². The summed E-state index contributed by atoms with van der Waals surface area (Å²) in [5.41, 5.74) is 1.50. The number of ether oxygens (including phenoxy) is 12. The number of sulfonamides is 2. The lowest BCUT2D eigenvalue weighted by atomic mass is 10.0. The molecule has 4 fully saturated rings. The van der Waals surface area contributed by atoms with Gasteiger partial charge in [0.15, 0.2) is 35.6 Å². The summed E-state index contributed by atoms with van der Waals surface area (Å²) in [6.07, 6.45) is -2.96. The largest absolute Gasteiger partial charge is 0.494 e. The minimum atomic E-state index is -4.09. The fraction of sp³-hybridized carbons (Fsp3) is 0.576. The van der Waals surface area contributed by atoms with Crippen LogP contribution in [-0.4, -0.2) is 212 Å². The summed E-state index contributed by atoms with van der Waals surface area (Å²) in [5, 5.41) is 37.6. The predicted octanol–water partition coefficient (Wildman–Crippen LogP) is 5.53. The fourth-order valence-electron chi connectivity index (χ4n) is 11.7. The summed E-state index contributed by atoms with van der Waals surface area (Å²) in [6.45, 7) is 9.19. The van der Waals surface area contributed by atoms with Crippen LogP contribution in [0.15, 0.2) is 94.7 Å². The lowest BCUT2D eigenvalue weighted by Gasteiger charge is -2.31. The summed E-state index contributed by atoms with van der Waals surface area (Å²) in [7, 11) is -4.74. The number of fused-ring (bicyclic) bond motifs is 4. The Kier molecular flexibility index (Phi) is 25.7. The van der Waals surface area contributed by atoms with Gasteiger partial charge in [-0.1, -0.05) is 52.0 Å². The predicted molar refractivity (Wildman–Crippen MR) is 342 cm³/mol. The number of hydrogen-bond donors (Lipinski definition) is 5. The molecule has 528 valence electrons. The lowest BCUT2D eigenvalue weighted by molar-refractivity contribution is -0.137. The number of aliphatic hydroxyl groups is 2. The van der Waals surface area contributed by atoms with Gasteiger partial charge in [0.2, 0.25) is 39.5 Å². The quantitative estimate of drug-likeness (QED) is 0.0375. The van der Waals surface area contributed by atoms with Crippen LogP contribution in [0.5, 0.6) is 34.5 Å². The standard InChI is InChI=1S/C34H47N3O11S.C32H42N2O12S/c1-22(2)18-37(49(41,42)25-11-12-29-30(17-25)47-21-46-29)19-28(38)27(35-34(40)48-31-20-45-33-26(31)13-15-44-33)16-23-7-9-24(10-8-23)43-14-5-6-32(39)36(3)4;1-20(2)16-34(47(39,40)23-9-10-27-28(15-23)45-19-44-27)17-26(35)25(33-32(38)46-29-18-43-31-24(29)11-13-42-31)14-21-5-7-22(8-6-21)41-12-3-4-30(36)37/h7-12,17,22,26-28,31,33,38H,5-6,13-16,18-21H2,1-4H3,(H,35,40);5-10,15,20,24-26,29,31,35H,3-4,11-14,16-19H2,1-2H3,(H,33,38)(H,36,37)/t26-,27-,28+,31-,33+;24-,25-,26+,29-,31+/m00/s1. The van der Waals surface area contributed by atoms with Crippen molar-refractivity contribution >= 4 is 44.1 Å². The van der Waals surface area contributed by atoms with Gasteiger partial charge in [0.05, 0.1) is 85.6 Å². The lowest BCUT2D eigenvalue weighted by Crippen LogP contribution is -2.51. The molecule has 30 heteroatoms. The second-order valence-electron chi connectivity index (χ2n) is 25.3. The van der Waals surface area contributed by atoms with Crippen molar-refractivity contribution in [3.63, 3.8) is 0 Å². The molecular weight excluding hydrogens is 1290 g/mol. The topological polar surface area (TPSA) is 342 Å². The van der Waals surface area contributed by atoms with Crippen LogP contribution in [0.1, 0.15) is 77.3 Å². The van der Waals surface area contributed by atoms with E-state index in [-0.39, 0.29) is 118 Å². The minimum absolute atomic E-state index is 0.000950. The van der Waals surface area contributed by atoms with E-state index >= 15 is 0 Å². The van der Waals surface area contributed by atoms with Crippen LogP contribution in [-0.2, 0) is 70.9 Å².